The molecule has 11 heteroatoms. The lowest BCUT2D eigenvalue weighted by Gasteiger charge is -2.12. The molecule has 0 radical (unpaired) electrons. The Bertz CT molecular complexity index is 1260. The first-order valence-corrected chi connectivity index (χ1v) is 10.9. The van der Waals surface area contributed by atoms with Gasteiger partial charge in [0.1, 0.15) is 5.82 Å². The van der Waals surface area contributed by atoms with Crippen molar-refractivity contribution >= 4 is 34.8 Å². The Hall–Kier alpha value is -4.64. The van der Waals surface area contributed by atoms with E-state index in [1.54, 1.807) is 19.1 Å². The Balaban J connectivity index is 1.69. The van der Waals surface area contributed by atoms with Crippen LogP contribution in [0.4, 0.5) is 21.5 Å². The molecule has 10 nitrogen and oxygen atoms in total. The molecular weight excluding hydrogens is 471 g/mol. The van der Waals surface area contributed by atoms with Gasteiger partial charge in [0.25, 0.3) is 11.6 Å². The monoisotopic (exact) mass is 494 g/mol. The van der Waals surface area contributed by atoms with Crippen molar-refractivity contribution in [3.63, 3.8) is 0 Å². The van der Waals surface area contributed by atoms with E-state index in [2.05, 4.69) is 16.0 Å². The highest BCUT2D eigenvalue weighted by Gasteiger charge is 2.19. The number of nitrogens with one attached hydrogen (secondary N) is 3. The Morgan fingerprint density at radius 3 is 2.31 bits per heavy atom. The lowest BCUT2D eigenvalue weighted by atomic mass is 10.1. The van der Waals surface area contributed by atoms with Crippen molar-refractivity contribution in [1.29, 1.82) is 0 Å². The van der Waals surface area contributed by atoms with Crippen molar-refractivity contribution in [1.82, 2.24) is 5.32 Å². The van der Waals surface area contributed by atoms with Crippen molar-refractivity contribution in [3.05, 3.63) is 99.4 Å². The van der Waals surface area contributed by atoms with Gasteiger partial charge in [0, 0.05) is 24.4 Å². The van der Waals surface area contributed by atoms with Gasteiger partial charge < -0.3 is 20.7 Å². The van der Waals surface area contributed by atoms with Gasteiger partial charge in [0.15, 0.2) is 0 Å². The molecule has 0 unspecified atom stereocenters. The van der Waals surface area contributed by atoms with Crippen LogP contribution in [0, 0.1) is 15.9 Å². The minimum atomic E-state index is -0.697. The second kappa shape index (κ2) is 12.2. The van der Waals surface area contributed by atoms with Gasteiger partial charge in [-0.25, -0.2) is 9.18 Å². The third-order valence-electron chi connectivity index (χ3n) is 4.91. The summed E-state index contributed by atoms with van der Waals surface area (Å²) < 4.78 is 17.9. The average Bonchev–Trinajstić information content (AvgIpc) is 2.86. The molecule has 0 saturated heterocycles. The van der Waals surface area contributed by atoms with Crippen LogP contribution in [0.5, 0.6) is 0 Å². The smallest absolute Gasteiger partial charge is 0.338 e. The number of esters is 1. The van der Waals surface area contributed by atoms with Crippen LogP contribution in [0.15, 0.2) is 66.7 Å². The zero-order valence-corrected chi connectivity index (χ0v) is 19.2. The normalized spacial score (nSPS) is 10.4. The minimum absolute atomic E-state index is 0.0785. The topological polar surface area (TPSA) is 140 Å². The second-order valence-corrected chi connectivity index (χ2v) is 7.52. The fourth-order valence-corrected chi connectivity index (χ4v) is 3.16. The van der Waals surface area contributed by atoms with Gasteiger partial charge in [-0.1, -0.05) is 12.1 Å². The molecule has 0 spiro atoms. The largest absolute Gasteiger partial charge is 0.462 e. The van der Waals surface area contributed by atoms with Crippen molar-refractivity contribution in [3.8, 4) is 0 Å². The van der Waals surface area contributed by atoms with Crippen LogP contribution in [-0.2, 0) is 16.1 Å². The summed E-state index contributed by atoms with van der Waals surface area (Å²) in [4.78, 5) is 47.7. The van der Waals surface area contributed by atoms with Crippen LogP contribution in [0.2, 0.25) is 0 Å². The molecule has 2 amide bonds. The molecule has 3 aromatic carbocycles. The van der Waals surface area contributed by atoms with E-state index in [-0.39, 0.29) is 35.9 Å². The first-order valence-electron chi connectivity index (χ1n) is 10.9. The molecule has 36 heavy (non-hydrogen) atoms. The highest BCUT2D eigenvalue weighted by Crippen LogP contribution is 2.24. The lowest BCUT2D eigenvalue weighted by molar-refractivity contribution is -0.384. The predicted octanol–water partition coefficient (Wildman–Crippen LogP) is 3.89. The molecule has 0 bridgehead atoms. The van der Waals surface area contributed by atoms with Gasteiger partial charge in [-0.05, 0) is 55.0 Å². The summed E-state index contributed by atoms with van der Waals surface area (Å²) in [5.41, 5.74) is 1.03. The van der Waals surface area contributed by atoms with Gasteiger partial charge in [0.05, 0.1) is 34.9 Å². The average molecular weight is 494 g/mol. The fourth-order valence-electron chi connectivity index (χ4n) is 3.16. The van der Waals surface area contributed by atoms with Crippen molar-refractivity contribution in [2.45, 2.75) is 13.5 Å². The highest BCUT2D eigenvalue weighted by atomic mass is 19.1. The van der Waals surface area contributed by atoms with E-state index in [0.717, 1.165) is 11.6 Å². The van der Waals surface area contributed by atoms with Crippen LogP contribution < -0.4 is 16.0 Å². The third-order valence-corrected chi connectivity index (χ3v) is 4.91. The molecule has 186 valence electrons. The van der Waals surface area contributed by atoms with E-state index in [1.165, 1.54) is 48.5 Å². The van der Waals surface area contributed by atoms with Crippen LogP contribution in [0.3, 0.4) is 0 Å². The number of hydrogen-bond acceptors (Lipinski definition) is 7. The van der Waals surface area contributed by atoms with Gasteiger partial charge in [0.2, 0.25) is 5.91 Å². The number of ether oxygens (including phenoxy) is 1. The number of nitrogens with zero attached hydrogens (tertiary/aromatic N) is 1. The van der Waals surface area contributed by atoms with Crippen LogP contribution in [0.1, 0.15) is 33.2 Å². The summed E-state index contributed by atoms with van der Waals surface area (Å²) in [6, 6.07) is 15.2. The molecule has 0 aliphatic rings. The third kappa shape index (κ3) is 7.18. The summed E-state index contributed by atoms with van der Waals surface area (Å²) in [6.07, 6.45) is 0. The van der Waals surface area contributed by atoms with Crippen molar-refractivity contribution in [2.75, 3.05) is 23.8 Å². The quantitative estimate of drug-likeness (QED) is 0.221. The van der Waals surface area contributed by atoms with Crippen molar-refractivity contribution in [2.24, 2.45) is 0 Å². The number of amides is 2. The van der Waals surface area contributed by atoms with E-state index in [1.807, 2.05) is 0 Å². The Morgan fingerprint density at radius 2 is 1.67 bits per heavy atom. The number of halogens is 1. The predicted molar refractivity (Wildman–Crippen MR) is 130 cm³/mol. The highest BCUT2D eigenvalue weighted by molar-refractivity contribution is 6.10. The number of hydrogen-bond donors (Lipinski definition) is 3. The Kier molecular flexibility index (Phi) is 8.79. The number of nitro benzene ring substituents is 1. The van der Waals surface area contributed by atoms with Crippen LogP contribution in [0.25, 0.3) is 0 Å². The SMILES string of the molecule is CCOC(=O)c1ccc(NC(=O)c2cc([N+](=O)[O-])ccc2NC(=O)CNCc2ccc(F)cc2)cc1. The molecule has 0 aliphatic carbocycles. The number of anilines is 2. The standard InChI is InChI=1S/C25H23FN4O6/c1-2-36-25(33)17-5-9-19(10-6-17)28-24(32)21-13-20(30(34)35)11-12-22(21)29-23(31)15-27-14-16-3-7-18(26)8-4-16/h3-13,27H,2,14-15H2,1H3,(H,28,32)(H,29,31). The summed E-state index contributed by atoms with van der Waals surface area (Å²) in [5.74, 6) is -2.06. The fraction of sp³-hybridized carbons (Fsp3) is 0.160. The second-order valence-electron chi connectivity index (χ2n) is 7.52. The zero-order chi connectivity index (χ0) is 26.1. The van der Waals surface area contributed by atoms with E-state index in [9.17, 15) is 28.9 Å². The van der Waals surface area contributed by atoms with Crippen LogP contribution in [-0.4, -0.2) is 35.9 Å². The maximum absolute atomic E-state index is 13.0. The maximum Gasteiger partial charge on any atom is 0.338 e. The summed E-state index contributed by atoms with van der Waals surface area (Å²) >= 11 is 0. The molecule has 0 aliphatic heterocycles. The summed E-state index contributed by atoms with van der Waals surface area (Å²) in [5, 5.41) is 19.3. The van der Waals surface area contributed by atoms with E-state index >= 15 is 0 Å². The molecule has 0 atom stereocenters. The molecule has 0 saturated carbocycles. The van der Waals surface area contributed by atoms with Gasteiger partial charge in [-0.2, -0.15) is 0 Å². The summed E-state index contributed by atoms with van der Waals surface area (Å²) in [6.45, 7) is 2.09. The molecular formula is C25H23FN4O6. The molecule has 3 aromatic rings. The van der Waals surface area contributed by atoms with E-state index in [0.29, 0.717) is 17.8 Å². The maximum atomic E-state index is 13.0. The van der Waals surface area contributed by atoms with Crippen LogP contribution >= 0.6 is 0 Å². The van der Waals surface area contributed by atoms with Gasteiger partial charge >= 0.3 is 5.97 Å². The Morgan fingerprint density at radius 1 is 0.972 bits per heavy atom. The van der Waals surface area contributed by atoms with E-state index in [4.69, 9.17) is 4.74 Å². The first-order chi connectivity index (χ1) is 17.3. The van der Waals surface area contributed by atoms with Crippen molar-refractivity contribution < 1.29 is 28.4 Å². The number of non-ortho nitro benzene ring substituents is 1. The molecule has 0 heterocycles. The molecule has 3 N–H and O–H groups in total. The zero-order valence-electron chi connectivity index (χ0n) is 19.2. The molecule has 0 fully saturated rings. The summed E-state index contributed by atoms with van der Waals surface area (Å²) in [7, 11) is 0. The lowest BCUT2D eigenvalue weighted by Crippen LogP contribution is -2.28. The molecule has 0 aromatic heterocycles. The number of nitro groups is 1. The Labute approximate surface area is 205 Å². The number of carbonyl (C=O) groups is 3. The molecule has 3 rings (SSSR count). The minimum Gasteiger partial charge on any atom is -0.462 e. The van der Waals surface area contributed by atoms with Gasteiger partial charge in [-0.3, -0.25) is 19.7 Å². The number of rotatable bonds is 10. The van der Waals surface area contributed by atoms with E-state index < -0.39 is 22.7 Å². The van der Waals surface area contributed by atoms with Gasteiger partial charge in [-0.15, -0.1) is 0 Å². The number of benzene rings is 3. The first kappa shape index (κ1) is 26.0. The number of carbonyl (C=O) groups excluding carboxylic acids is 3.